The van der Waals surface area contributed by atoms with E-state index in [1.807, 2.05) is 12.1 Å². The average molecular weight is 288 g/mol. The molecule has 1 aliphatic rings. The predicted molar refractivity (Wildman–Crippen MR) is 73.3 cm³/mol. The van der Waals surface area contributed by atoms with Crippen LogP contribution in [0.15, 0.2) is 23.4 Å². The highest BCUT2D eigenvalue weighted by Gasteiger charge is 2.28. The van der Waals surface area contributed by atoms with Gasteiger partial charge in [-0.05, 0) is 37.1 Å². The fraction of sp³-hybridized carbons (Fsp3) is 0.417. The Morgan fingerprint density at radius 1 is 1.50 bits per heavy atom. The van der Waals surface area contributed by atoms with Crippen LogP contribution >= 0.6 is 23.2 Å². The summed E-state index contributed by atoms with van der Waals surface area (Å²) in [5.41, 5.74) is 6.69. The van der Waals surface area contributed by atoms with Crippen LogP contribution in [0, 0.1) is 0 Å². The van der Waals surface area contributed by atoms with Gasteiger partial charge in [-0.3, -0.25) is 4.90 Å². The lowest BCUT2D eigenvalue weighted by atomic mass is 10.1. The van der Waals surface area contributed by atoms with Crippen LogP contribution in [0.5, 0.6) is 0 Å². The van der Waals surface area contributed by atoms with Crippen molar-refractivity contribution < 1.29 is 5.21 Å². The van der Waals surface area contributed by atoms with E-state index in [1.54, 1.807) is 6.07 Å². The number of rotatable bonds is 3. The minimum Gasteiger partial charge on any atom is -0.409 e. The Balaban J connectivity index is 2.13. The van der Waals surface area contributed by atoms with E-state index >= 15 is 0 Å². The van der Waals surface area contributed by atoms with Crippen LogP contribution in [0.2, 0.25) is 10.0 Å². The lowest BCUT2D eigenvalue weighted by Gasteiger charge is -2.23. The summed E-state index contributed by atoms with van der Waals surface area (Å²) < 4.78 is 0. The van der Waals surface area contributed by atoms with Crippen molar-refractivity contribution in [2.45, 2.75) is 25.4 Å². The molecule has 98 valence electrons. The third-order valence-corrected chi connectivity index (χ3v) is 3.80. The van der Waals surface area contributed by atoms with Gasteiger partial charge in [-0.25, -0.2) is 0 Å². The van der Waals surface area contributed by atoms with E-state index in [0.29, 0.717) is 16.6 Å². The molecule has 18 heavy (non-hydrogen) atoms. The van der Waals surface area contributed by atoms with E-state index < -0.39 is 0 Å². The molecule has 0 saturated carbocycles. The van der Waals surface area contributed by atoms with Gasteiger partial charge in [0.1, 0.15) is 0 Å². The van der Waals surface area contributed by atoms with Crippen molar-refractivity contribution in [2.75, 3.05) is 6.54 Å². The third kappa shape index (κ3) is 2.88. The average Bonchev–Trinajstić information content (AvgIpc) is 2.80. The molecule has 0 radical (unpaired) electrons. The van der Waals surface area contributed by atoms with E-state index in [4.69, 9.17) is 34.1 Å². The van der Waals surface area contributed by atoms with Crippen molar-refractivity contribution in [1.82, 2.24) is 4.90 Å². The molecule has 0 aliphatic carbocycles. The molecule has 4 nitrogen and oxygen atoms in total. The van der Waals surface area contributed by atoms with Gasteiger partial charge in [-0.15, -0.1) is 0 Å². The maximum Gasteiger partial charge on any atom is 0.156 e. The van der Waals surface area contributed by atoms with Gasteiger partial charge in [0.2, 0.25) is 0 Å². The smallest absolute Gasteiger partial charge is 0.156 e. The zero-order valence-corrected chi connectivity index (χ0v) is 11.3. The highest BCUT2D eigenvalue weighted by atomic mass is 35.5. The van der Waals surface area contributed by atoms with Gasteiger partial charge in [0.25, 0.3) is 0 Å². The molecule has 1 saturated heterocycles. The van der Waals surface area contributed by atoms with Gasteiger partial charge in [0, 0.05) is 16.6 Å². The Morgan fingerprint density at radius 2 is 2.28 bits per heavy atom. The first-order valence-electron chi connectivity index (χ1n) is 5.77. The number of amidine groups is 1. The molecular weight excluding hydrogens is 273 g/mol. The standard InChI is InChI=1S/C12H15Cl2N3O/c13-9-4-3-8(10(14)6-9)7-17-5-1-2-11(17)12(15)16-18/h3-4,6,11,18H,1-2,5,7H2,(H2,15,16). The number of halogens is 2. The monoisotopic (exact) mass is 287 g/mol. The predicted octanol–water partition coefficient (Wildman–Crippen LogP) is 2.70. The van der Waals surface area contributed by atoms with Crippen LogP contribution in [-0.2, 0) is 6.54 Å². The highest BCUT2D eigenvalue weighted by molar-refractivity contribution is 6.35. The van der Waals surface area contributed by atoms with Crippen LogP contribution in [0.3, 0.4) is 0 Å². The summed E-state index contributed by atoms with van der Waals surface area (Å²) in [7, 11) is 0. The summed E-state index contributed by atoms with van der Waals surface area (Å²) in [6, 6.07) is 5.44. The zero-order valence-electron chi connectivity index (χ0n) is 9.81. The van der Waals surface area contributed by atoms with E-state index in [2.05, 4.69) is 10.1 Å². The van der Waals surface area contributed by atoms with Crippen LogP contribution in [-0.4, -0.2) is 28.5 Å². The first kappa shape index (κ1) is 13.5. The summed E-state index contributed by atoms with van der Waals surface area (Å²) in [4.78, 5) is 2.16. The normalized spacial score (nSPS) is 21.4. The largest absolute Gasteiger partial charge is 0.409 e. The lowest BCUT2D eigenvalue weighted by molar-refractivity contribution is 0.275. The van der Waals surface area contributed by atoms with Gasteiger partial charge in [-0.1, -0.05) is 34.4 Å². The van der Waals surface area contributed by atoms with Gasteiger partial charge in [-0.2, -0.15) is 0 Å². The fourth-order valence-electron chi connectivity index (χ4n) is 2.29. The maximum absolute atomic E-state index is 8.76. The SMILES string of the molecule is NC(=NO)C1CCCN1Cc1ccc(Cl)cc1Cl. The molecule has 3 N–H and O–H groups in total. The molecular formula is C12H15Cl2N3O. The van der Waals surface area contributed by atoms with Crippen LogP contribution < -0.4 is 5.73 Å². The molecule has 0 amide bonds. The van der Waals surface area contributed by atoms with Gasteiger partial charge < -0.3 is 10.9 Å². The number of nitrogens with zero attached hydrogens (tertiary/aromatic N) is 2. The second kappa shape index (κ2) is 5.78. The number of oxime groups is 1. The maximum atomic E-state index is 8.76. The number of likely N-dealkylation sites (tertiary alicyclic amines) is 1. The minimum absolute atomic E-state index is 0.0123. The van der Waals surface area contributed by atoms with Crippen molar-refractivity contribution >= 4 is 29.0 Å². The highest BCUT2D eigenvalue weighted by Crippen LogP contribution is 2.26. The molecule has 0 spiro atoms. The van der Waals surface area contributed by atoms with Crippen LogP contribution in [0.25, 0.3) is 0 Å². The summed E-state index contributed by atoms with van der Waals surface area (Å²) in [6.45, 7) is 1.59. The molecule has 2 rings (SSSR count). The van der Waals surface area contributed by atoms with Crippen LogP contribution in [0.4, 0.5) is 0 Å². The Morgan fingerprint density at radius 3 is 2.94 bits per heavy atom. The molecule has 6 heteroatoms. The molecule has 0 bridgehead atoms. The number of benzene rings is 1. The molecule has 0 aromatic heterocycles. The summed E-state index contributed by atoms with van der Waals surface area (Å²) in [5, 5.41) is 13.1. The first-order chi connectivity index (χ1) is 8.61. The Hall–Kier alpha value is -0.970. The van der Waals surface area contributed by atoms with Crippen molar-refractivity contribution in [3.63, 3.8) is 0 Å². The fourth-order valence-corrected chi connectivity index (χ4v) is 2.75. The summed E-state index contributed by atoms with van der Waals surface area (Å²) in [6.07, 6.45) is 1.94. The minimum atomic E-state index is -0.0123. The molecule has 1 aromatic carbocycles. The molecule has 1 unspecified atom stereocenters. The second-order valence-corrected chi connectivity index (χ2v) is 5.23. The van der Waals surface area contributed by atoms with E-state index in [9.17, 15) is 0 Å². The topological polar surface area (TPSA) is 61.9 Å². The number of hydrogen-bond acceptors (Lipinski definition) is 3. The second-order valence-electron chi connectivity index (χ2n) is 4.39. The van der Waals surface area contributed by atoms with Gasteiger partial charge >= 0.3 is 0 Å². The molecule has 1 aromatic rings. The number of hydrogen-bond donors (Lipinski definition) is 2. The van der Waals surface area contributed by atoms with Gasteiger partial charge in [0.05, 0.1) is 6.04 Å². The molecule has 1 fully saturated rings. The summed E-state index contributed by atoms with van der Waals surface area (Å²) in [5.74, 6) is 0.262. The van der Waals surface area contributed by atoms with Crippen molar-refractivity contribution in [2.24, 2.45) is 10.9 Å². The quantitative estimate of drug-likeness (QED) is 0.389. The Kier molecular flexibility index (Phi) is 4.32. The third-order valence-electron chi connectivity index (χ3n) is 3.21. The van der Waals surface area contributed by atoms with Crippen molar-refractivity contribution in [3.05, 3.63) is 33.8 Å². The van der Waals surface area contributed by atoms with E-state index in [1.165, 1.54) is 0 Å². The molecule has 1 aliphatic heterocycles. The van der Waals surface area contributed by atoms with E-state index in [-0.39, 0.29) is 11.9 Å². The van der Waals surface area contributed by atoms with E-state index in [0.717, 1.165) is 24.9 Å². The van der Waals surface area contributed by atoms with Crippen molar-refractivity contribution in [1.29, 1.82) is 0 Å². The number of nitrogens with two attached hydrogens (primary N) is 1. The Bertz CT molecular complexity index is 465. The molecule has 1 heterocycles. The first-order valence-corrected chi connectivity index (χ1v) is 6.53. The summed E-state index contributed by atoms with van der Waals surface area (Å²) >= 11 is 12.0. The molecule has 1 atom stereocenters. The van der Waals surface area contributed by atoms with Crippen molar-refractivity contribution in [3.8, 4) is 0 Å². The van der Waals surface area contributed by atoms with Crippen LogP contribution in [0.1, 0.15) is 18.4 Å². The van der Waals surface area contributed by atoms with Gasteiger partial charge in [0.15, 0.2) is 5.84 Å². The zero-order chi connectivity index (χ0) is 13.1. The Labute approximate surface area is 116 Å². The lowest BCUT2D eigenvalue weighted by Crippen LogP contribution is -2.40.